The van der Waals surface area contributed by atoms with Crippen molar-refractivity contribution in [1.29, 1.82) is 0 Å². The highest BCUT2D eigenvalue weighted by atomic mass is 32.2. The largest absolute Gasteiger partial charge is 0.455 e. The predicted octanol–water partition coefficient (Wildman–Crippen LogP) is 2.08. The van der Waals surface area contributed by atoms with Gasteiger partial charge in [0.05, 0.1) is 0 Å². The Morgan fingerprint density at radius 3 is 2.27 bits per heavy atom. The zero-order valence-corrected chi connectivity index (χ0v) is 14.2. The van der Waals surface area contributed by atoms with Gasteiger partial charge in [-0.05, 0) is 18.2 Å². The minimum absolute atomic E-state index is 0.149. The van der Waals surface area contributed by atoms with Crippen LogP contribution in [0.15, 0.2) is 12.3 Å². The van der Waals surface area contributed by atoms with Crippen molar-refractivity contribution in [2.24, 2.45) is 0 Å². The average Bonchev–Trinajstić information content (AvgIpc) is 2.40. The number of amides is 1. The summed E-state index contributed by atoms with van der Waals surface area (Å²) >= 11 is 1.52. The van der Waals surface area contributed by atoms with Gasteiger partial charge in [0.25, 0.3) is 0 Å². The molecule has 0 aromatic carbocycles. The molecule has 1 aliphatic rings. The van der Waals surface area contributed by atoms with E-state index in [0.717, 1.165) is 18.6 Å². The van der Waals surface area contributed by atoms with Gasteiger partial charge < -0.3 is 14.4 Å². The first-order valence-electron chi connectivity index (χ1n) is 7.30. The van der Waals surface area contributed by atoms with Crippen molar-refractivity contribution in [3.8, 4) is 0 Å². The number of rotatable bonds is 6. The minimum Gasteiger partial charge on any atom is -0.455 e. The zero-order chi connectivity index (χ0) is 16.7. The Labute approximate surface area is 135 Å². The van der Waals surface area contributed by atoms with Crippen molar-refractivity contribution in [3.05, 3.63) is 12.3 Å². The van der Waals surface area contributed by atoms with Gasteiger partial charge in [0.1, 0.15) is 5.37 Å². The van der Waals surface area contributed by atoms with E-state index in [1.807, 2.05) is 0 Å². The molecule has 0 aromatic rings. The first kappa shape index (κ1) is 18.5. The Balaban J connectivity index is 3.01. The van der Waals surface area contributed by atoms with Crippen LogP contribution in [0, 0.1) is 0 Å². The number of nitrogens with zero attached hydrogens (tertiary/aromatic N) is 1. The lowest BCUT2D eigenvalue weighted by Gasteiger charge is -2.39. The summed E-state index contributed by atoms with van der Waals surface area (Å²) < 4.78 is 10.6. The molecule has 1 rings (SSSR count). The summed E-state index contributed by atoms with van der Waals surface area (Å²) in [4.78, 5) is 36.0. The summed E-state index contributed by atoms with van der Waals surface area (Å²) in [6, 6.07) is 0. The van der Waals surface area contributed by atoms with Crippen LogP contribution in [0.1, 0.15) is 40.5 Å². The Bertz CT molecular complexity index is 451. The molecule has 0 saturated carbocycles. The smallest absolute Gasteiger partial charge is 0.303 e. The number of ether oxygens (including phenoxy) is 2. The van der Waals surface area contributed by atoms with Crippen LogP contribution in [-0.2, 0) is 23.9 Å². The fourth-order valence-corrected chi connectivity index (χ4v) is 3.59. The van der Waals surface area contributed by atoms with Crippen molar-refractivity contribution < 1.29 is 23.9 Å². The second-order valence-electron chi connectivity index (χ2n) is 5.03. The lowest BCUT2D eigenvalue weighted by molar-refractivity contribution is -0.165. The molecule has 1 aliphatic heterocycles. The summed E-state index contributed by atoms with van der Waals surface area (Å²) in [5.41, 5.74) is 0. The van der Waals surface area contributed by atoms with Gasteiger partial charge in [-0.3, -0.25) is 14.4 Å². The van der Waals surface area contributed by atoms with E-state index in [1.54, 1.807) is 12.3 Å². The molecule has 0 fully saturated rings. The van der Waals surface area contributed by atoms with Crippen LogP contribution in [0.4, 0.5) is 0 Å². The fraction of sp³-hybridized carbons (Fsp3) is 0.667. The Kier molecular flexibility index (Phi) is 7.44. The molecule has 1 heterocycles. The predicted molar refractivity (Wildman–Crippen MR) is 83.9 cm³/mol. The van der Waals surface area contributed by atoms with E-state index in [9.17, 15) is 14.4 Å². The second-order valence-corrected chi connectivity index (χ2v) is 6.26. The number of hydrogen-bond donors (Lipinski definition) is 0. The highest BCUT2D eigenvalue weighted by molar-refractivity contribution is 7.99. The minimum atomic E-state index is -0.711. The fourth-order valence-electron chi connectivity index (χ4n) is 2.12. The van der Waals surface area contributed by atoms with Crippen LogP contribution in [0.25, 0.3) is 0 Å². The third-order valence-electron chi connectivity index (χ3n) is 3.07. The Morgan fingerprint density at radius 1 is 1.14 bits per heavy atom. The molecule has 0 N–H and O–H groups in total. The van der Waals surface area contributed by atoms with Gasteiger partial charge in [0, 0.05) is 27.0 Å². The molecule has 22 heavy (non-hydrogen) atoms. The first-order chi connectivity index (χ1) is 10.4. The van der Waals surface area contributed by atoms with Crippen molar-refractivity contribution in [2.75, 3.05) is 5.75 Å². The van der Waals surface area contributed by atoms with Gasteiger partial charge in [-0.25, -0.2) is 0 Å². The molecular formula is C15H23NO5S. The van der Waals surface area contributed by atoms with Crippen molar-refractivity contribution in [2.45, 2.75) is 58.1 Å². The van der Waals surface area contributed by atoms with E-state index in [4.69, 9.17) is 9.47 Å². The number of unbranched alkanes of at least 4 members (excludes halogenated alkanes) is 1. The molecule has 0 radical (unpaired) electrons. The highest BCUT2D eigenvalue weighted by Crippen LogP contribution is 2.30. The van der Waals surface area contributed by atoms with Crippen LogP contribution >= 0.6 is 11.8 Å². The van der Waals surface area contributed by atoms with Gasteiger partial charge in [-0.2, -0.15) is 0 Å². The molecule has 6 nitrogen and oxygen atoms in total. The molecule has 7 heteroatoms. The van der Waals surface area contributed by atoms with E-state index < -0.39 is 29.5 Å². The topological polar surface area (TPSA) is 72.9 Å². The van der Waals surface area contributed by atoms with Crippen LogP contribution < -0.4 is 0 Å². The summed E-state index contributed by atoms with van der Waals surface area (Å²) in [5, 5.41) is -0.401. The number of carbonyl (C=O) groups excluding carboxylic acids is 3. The molecule has 0 aromatic heterocycles. The molecule has 1 amide bonds. The normalized spacial score (nSPS) is 24.0. The quantitative estimate of drug-likeness (QED) is 0.549. The SMILES string of the molecule is CCCCSC1C(OC(C)=O)C(OC(C)=O)C=CN1C(C)=O. The molecule has 3 unspecified atom stereocenters. The molecule has 3 atom stereocenters. The molecule has 0 aliphatic carbocycles. The molecule has 0 spiro atoms. The number of thioether (sulfide) groups is 1. The summed E-state index contributed by atoms with van der Waals surface area (Å²) in [6.07, 6.45) is 3.80. The maximum absolute atomic E-state index is 11.8. The summed E-state index contributed by atoms with van der Waals surface area (Å²) in [6.45, 7) is 6.13. The van der Waals surface area contributed by atoms with Gasteiger partial charge in [0.2, 0.25) is 5.91 Å². The molecule has 0 saturated heterocycles. The van der Waals surface area contributed by atoms with E-state index in [-0.39, 0.29) is 5.91 Å². The van der Waals surface area contributed by atoms with E-state index in [1.165, 1.54) is 37.4 Å². The van der Waals surface area contributed by atoms with Crippen molar-refractivity contribution >= 4 is 29.6 Å². The standard InChI is InChI=1S/C15H23NO5S/c1-5-6-9-22-15-14(21-12(4)19)13(20-11(3)18)7-8-16(15)10(2)17/h7-8,13-15H,5-6,9H2,1-4H3. The Hall–Kier alpha value is -1.50. The van der Waals surface area contributed by atoms with Crippen molar-refractivity contribution in [1.82, 2.24) is 4.90 Å². The number of hydrogen-bond acceptors (Lipinski definition) is 6. The van der Waals surface area contributed by atoms with E-state index >= 15 is 0 Å². The average molecular weight is 329 g/mol. The molecular weight excluding hydrogens is 306 g/mol. The van der Waals surface area contributed by atoms with Crippen LogP contribution in [-0.4, -0.2) is 46.1 Å². The maximum Gasteiger partial charge on any atom is 0.303 e. The summed E-state index contributed by atoms with van der Waals surface area (Å²) in [7, 11) is 0. The third-order valence-corrected chi connectivity index (χ3v) is 4.43. The zero-order valence-electron chi connectivity index (χ0n) is 13.4. The molecule has 0 bridgehead atoms. The second kappa shape index (κ2) is 8.82. The maximum atomic E-state index is 11.8. The van der Waals surface area contributed by atoms with Crippen LogP contribution in [0.2, 0.25) is 0 Å². The first-order valence-corrected chi connectivity index (χ1v) is 8.35. The van der Waals surface area contributed by atoms with Gasteiger partial charge >= 0.3 is 11.9 Å². The summed E-state index contributed by atoms with van der Waals surface area (Å²) in [5.74, 6) is -0.255. The van der Waals surface area contributed by atoms with Crippen molar-refractivity contribution in [3.63, 3.8) is 0 Å². The third kappa shape index (κ3) is 5.36. The van der Waals surface area contributed by atoms with Gasteiger partial charge in [-0.15, -0.1) is 11.8 Å². The van der Waals surface area contributed by atoms with Gasteiger partial charge in [-0.1, -0.05) is 13.3 Å². The number of carbonyl (C=O) groups is 3. The highest BCUT2D eigenvalue weighted by Gasteiger charge is 2.40. The lowest BCUT2D eigenvalue weighted by atomic mass is 10.1. The number of esters is 2. The van der Waals surface area contributed by atoms with Gasteiger partial charge in [0.15, 0.2) is 12.2 Å². The lowest BCUT2D eigenvalue weighted by Crippen LogP contribution is -2.52. The molecule has 124 valence electrons. The van der Waals surface area contributed by atoms with Crippen LogP contribution in [0.5, 0.6) is 0 Å². The van der Waals surface area contributed by atoms with E-state index in [2.05, 4.69) is 6.92 Å². The Morgan fingerprint density at radius 2 is 1.77 bits per heavy atom. The van der Waals surface area contributed by atoms with Crippen LogP contribution in [0.3, 0.4) is 0 Å². The van der Waals surface area contributed by atoms with E-state index in [0.29, 0.717) is 0 Å². The monoisotopic (exact) mass is 329 g/mol.